The first-order valence-corrected chi connectivity index (χ1v) is 7.61. The van der Waals surface area contributed by atoms with E-state index in [9.17, 15) is 4.79 Å². The maximum absolute atomic E-state index is 12.0. The van der Waals surface area contributed by atoms with Crippen molar-refractivity contribution in [1.82, 2.24) is 20.2 Å². The molecule has 126 valence electrons. The molecule has 3 aromatic rings. The van der Waals surface area contributed by atoms with Gasteiger partial charge in [0.25, 0.3) is 0 Å². The van der Waals surface area contributed by atoms with Gasteiger partial charge in [0.15, 0.2) is 5.82 Å². The average Bonchev–Trinajstić information content (AvgIpc) is 3.07. The van der Waals surface area contributed by atoms with Gasteiger partial charge in [-0.1, -0.05) is 12.1 Å². The minimum Gasteiger partial charge on any atom is -0.497 e. The molecule has 1 aromatic heterocycles. The standard InChI is InChI=1S/C18H17N5O2/c1-23-18(20-21-22-23)14-7-9-15(10-8-14)19-17(24)11-6-13-4-3-5-16(12-13)25-2/h3-12H,1-2H3,(H,19,24)/b11-6+. The molecule has 3 rings (SSSR count). The Kier molecular flexibility index (Phi) is 4.84. The molecule has 0 unspecified atom stereocenters. The second-order valence-corrected chi connectivity index (χ2v) is 5.30. The molecule has 7 heteroatoms. The van der Waals surface area contributed by atoms with Crippen molar-refractivity contribution in [3.8, 4) is 17.1 Å². The third kappa shape index (κ3) is 4.08. The van der Waals surface area contributed by atoms with Gasteiger partial charge in [0.2, 0.25) is 5.91 Å². The maximum atomic E-state index is 12.0. The Hall–Kier alpha value is -3.48. The highest BCUT2D eigenvalue weighted by Gasteiger charge is 2.06. The maximum Gasteiger partial charge on any atom is 0.248 e. The monoisotopic (exact) mass is 335 g/mol. The second kappa shape index (κ2) is 7.39. The van der Waals surface area contributed by atoms with E-state index in [0.717, 1.165) is 16.9 Å². The minimum absolute atomic E-state index is 0.212. The van der Waals surface area contributed by atoms with Crippen LogP contribution in [0, 0.1) is 0 Å². The largest absolute Gasteiger partial charge is 0.497 e. The summed E-state index contributed by atoms with van der Waals surface area (Å²) in [4.78, 5) is 12.0. The van der Waals surface area contributed by atoms with Crippen molar-refractivity contribution in [1.29, 1.82) is 0 Å². The first kappa shape index (κ1) is 16.4. The quantitative estimate of drug-likeness (QED) is 0.725. The van der Waals surface area contributed by atoms with E-state index in [1.54, 1.807) is 37.0 Å². The Labute approximate surface area is 144 Å². The van der Waals surface area contributed by atoms with Crippen LogP contribution in [0.4, 0.5) is 5.69 Å². The fourth-order valence-electron chi connectivity index (χ4n) is 2.28. The van der Waals surface area contributed by atoms with E-state index in [0.29, 0.717) is 11.5 Å². The predicted octanol–water partition coefficient (Wildman–Crippen LogP) is 2.54. The number of amides is 1. The highest BCUT2D eigenvalue weighted by atomic mass is 16.5. The molecule has 0 aliphatic heterocycles. The van der Waals surface area contributed by atoms with Crippen LogP contribution in [-0.2, 0) is 11.8 Å². The first-order valence-electron chi connectivity index (χ1n) is 7.61. The number of tetrazole rings is 1. The molecule has 0 radical (unpaired) electrons. The number of ether oxygens (including phenoxy) is 1. The van der Waals surface area contributed by atoms with Crippen molar-refractivity contribution in [2.24, 2.45) is 7.05 Å². The number of aromatic nitrogens is 4. The first-order chi connectivity index (χ1) is 12.2. The van der Waals surface area contributed by atoms with Crippen LogP contribution >= 0.6 is 0 Å². The van der Waals surface area contributed by atoms with Crippen molar-refractivity contribution in [3.63, 3.8) is 0 Å². The molecule has 0 bridgehead atoms. The van der Waals surface area contributed by atoms with Gasteiger partial charge < -0.3 is 10.1 Å². The van der Waals surface area contributed by atoms with Gasteiger partial charge in [0.1, 0.15) is 5.75 Å². The van der Waals surface area contributed by atoms with Crippen LogP contribution in [0.2, 0.25) is 0 Å². The van der Waals surface area contributed by atoms with Crippen molar-refractivity contribution in [2.45, 2.75) is 0 Å². The molecule has 25 heavy (non-hydrogen) atoms. The van der Waals surface area contributed by atoms with Gasteiger partial charge in [-0.3, -0.25) is 4.79 Å². The smallest absolute Gasteiger partial charge is 0.248 e. The van der Waals surface area contributed by atoms with E-state index >= 15 is 0 Å². The van der Waals surface area contributed by atoms with Crippen LogP contribution in [0.5, 0.6) is 5.75 Å². The number of hydrogen-bond donors (Lipinski definition) is 1. The van der Waals surface area contributed by atoms with E-state index in [1.807, 2.05) is 36.4 Å². The topological polar surface area (TPSA) is 81.9 Å². The summed E-state index contributed by atoms with van der Waals surface area (Å²) in [5.74, 6) is 1.20. The molecule has 2 aromatic carbocycles. The highest BCUT2D eigenvalue weighted by molar-refractivity contribution is 6.02. The van der Waals surface area contributed by atoms with E-state index in [2.05, 4.69) is 20.8 Å². The lowest BCUT2D eigenvalue weighted by molar-refractivity contribution is -0.111. The summed E-state index contributed by atoms with van der Waals surface area (Å²) in [6.45, 7) is 0. The van der Waals surface area contributed by atoms with Gasteiger partial charge in [-0.2, -0.15) is 0 Å². The lowest BCUT2D eigenvalue weighted by Gasteiger charge is -2.04. The summed E-state index contributed by atoms with van der Waals surface area (Å²) in [6, 6.07) is 14.8. The molecule has 0 aliphatic rings. The Bertz CT molecular complexity index is 900. The van der Waals surface area contributed by atoms with Crippen LogP contribution < -0.4 is 10.1 Å². The van der Waals surface area contributed by atoms with Crippen LogP contribution in [0.15, 0.2) is 54.6 Å². The number of nitrogens with one attached hydrogen (secondary N) is 1. The van der Waals surface area contributed by atoms with E-state index in [-0.39, 0.29) is 5.91 Å². The summed E-state index contributed by atoms with van der Waals surface area (Å²) in [6.07, 6.45) is 3.22. The van der Waals surface area contributed by atoms with Gasteiger partial charge in [0, 0.05) is 24.4 Å². The molecule has 1 N–H and O–H groups in total. The summed E-state index contributed by atoms with van der Waals surface area (Å²) >= 11 is 0. The molecular weight excluding hydrogens is 318 g/mol. The lowest BCUT2D eigenvalue weighted by Crippen LogP contribution is -2.07. The third-order valence-electron chi connectivity index (χ3n) is 3.55. The zero-order valence-electron chi connectivity index (χ0n) is 13.9. The lowest BCUT2D eigenvalue weighted by atomic mass is 10.2. The Morgan fingerprint density at radius 1 is 1.20 bits per heavy atom. The van der Waals surface area contributed by atoms with E-state index < -0.39 is 0 Å². The van der Waals surface area contributed by atoms with Crippen LogP contribution in [0.1, 0.15) is 5.56 Å². The van der Waals surface area contributed by atoms with Crippen LogP contribution in [0.3, 0.4) is 0 Å². The molecule has 0 spiro atoms. The van der Waals surface area contributed by atoms with Gasteiger partial charge in [-0.05, 0) is 58.5 Å². The van der Waals surface area contributed by atoms with Crippen molar-refractivity contribution in [3.05, 3.63) is 60.2 Å². The molecular formula is C18H17N5O2. The molecule has 0 saturated carbocycles. The number of benzene rings is 2. The van der Waals surface area contributed by atoms with E-state index in [1.165, 1.54) is 6.08 Å². The number of hydrogen-bond acceptors (Lipinski definition) is 5. The van der Waals surface area contributed by atoms with E-state index in [4.69, 9.17) is 4.74 Å². The summed E-state index contributed by atoms with van der Waals surface area (Å²) in [5, 5.41) is 14.2. The van der Waals surface area contributed by atoms with Gasteiger partial charge in [0.05, 0.1) is 7.11 Å². The van der Waals surface area contributed by atoms with Crippen molar-refractivity contribution < 1.29 is 9.53 Å². The van der Waals surface area contributed by atoms with Gasteiger partial charge in [-0.15, -0.1) is 5.10 Å². The van der Waals surface area contributed by atoms with Crippen molar-refractivity contribution in [2.75, 3.05) is 12.4 Å². The normalized spacial score (nSPS) is 10.8. The summed E-state index contributed by atoms with van der Waals surface area (Å²) in [5.41, 5.74) is 2.45. The fourth-order valence-corrected chi connectivity index (χ4v) is 2.28. The zero-order chi connectivity index (χ0) is 17.6. The predicted molar refractivity (Wildman–Crippen MR) is 94.9 cm³/mol. The Morgan fingerprint density at radius 3 is 2.68 bits per heavy atom. The number of carbonyl (C=O) groups is 1. The number of aryl methyl sites for hydroxylation is 1. The summed E-state index contributed by atoms with van der Waals surface area (Å²) in [7, 11) is 3.38. The number of methoxy groups -OCH3 is 1. The zero-order valence-corrected chi connectivity index (χ0v) is 13.9. The Balaban J connectivity index is 1.64. The number of rotatable bonds is 5. The number of nitrogens with zero attached hydrogens (tertiary/aromatic N) is 4. The highest BCUT2D eigenvalue weighted by Crippen LogP contribution is 2.18. The molecule has 0 saturated heterocycles. The number of anilines is 1. The number of carbonyl (C=O) groups excluding carboxylic acids is 1. The second-order valence-electron chi connectivity index (χ2n) is 5.30. The minimum atomic E-state index is -0.212. The van der Waals surface area contributed by atoms with Crippen LogP contribution in [0.25, 0.3) is 17.5 Å². The fraction of sp³-hybridized carbons (Fsp3) is 0.111. The molecule has 0 aliphatic carbocycles. The molecule has 0 atom stereocenters. The summed E-state index contributed by atoms with van der Waals surface area (Å²) < 4.78 is 6.75. The molecule has 0 fully saturated rings. The Morgan fingerprint density at radius 2 is 2.00 bits per heavy atom. The van der Waals surface area contributed by atoms with Crippen molar-refractivity contribution >= 4 is 17.7 Å². The molecule has 7 nitrogen and oxygen atoms in total. The average molecular weight is 335 g/mol. The molecule has 1 amide bonds. The van der Waals surface area contributed by atoms with Gasteiger partial charge >= 0.3 is 0 Å². The van der Waals surface area contributed by atoms with Crippen LogP contribution in [-0.4, -0.2) is 33.2 Å². The molecule has 1 heterocycles. The third-order valence-corrected chi connectivity index (χ3v) is 3.55. The van der Waals surface area contributed by atoms with Gasteiger partial charge in [-0.25, -0.2) is 4.68 Å². The SMILES string of the molecule is COc1cccc(/C=C/C(=O)Nc2ccc(-c3nnnn3C)cc2)c1.